The number of carbonyl (C=O) groups excluding carboxylic acids is 1. The summed E-state index contributed by atoms with van der Waals surface area (Å²) in [5, 5.41) is 0.592. The third-order valence-electron chi connectivity index (χ3n) is 5.67. The Hall–Kier alpha value is -3.65. The van der Waals surface area contributed by atoms with Crippen LogP contribution in [0, 0.1) is 0 Å². The normalized spacial score (nSPS) is 16.7. The average molecular weight is 509 g/mol. The molecule has 0 bridgehead atoms. The smallest absolute Gasteiger partial charge is 0.387 e. The number of alkyl halides is 2. The average Bonchev–Trinajstić information content (AvgIpc) is 3.18. The lowest BCUT2D eigenvalue weighted by molar-refractivity contribution is -0.123. The summed E-state index contributed by atoms with van der Waals surface area (Å²) < 4.78 is 34.5. The summed E-state index contributed by atoms with van der Waals surface area (Å²) >= 11 is 1.30. The molecule has 0 radical (unpaired) electrons. The first kappa shape index (κ1) is 25.4. The van der Waals surface area contributed by atoms with Crippen molar-refractivity contribution in [3.63, 3.8) is 0 Å². The predicted octanol–water partition coefficient (Wildman–Crippen LogP) is 6.92. The van der Waals surface area contributed by atoms with Crippen molar-refractivity contribution in [1.29, 1.82) is 0 Å². The quantitative estimate of drug-likeness (QED) is 0.294. The Kier molecular flexibility index (Phi) is 8.38. The van der Waals surface area contributed by atoms with Crippen molar-refractivity contribution >= 4 is 34.6 Å². The number of aliphatic imine (C=N–C) groups is 1. The second-order valence-electron chi connectivity index (χ2n) is 8.20. The number of thioether (sulfide) groups is 1. The van der Waals surface area contributed by atoms with E-state index in [1.54, 1.807) is 30.2 Å². The summed E-state index contributed by atoms with van der Waals surface area (Å²) in [4.78, 5) is 20.5. The first-order valence-electron chi connectivity index (χ1n) is 11.5. The van der Waals surface area contributed by atoms with Gasteiger partial charge in [0.1, 0.15) is 11.5 Å². The standard InChI is InChI=1S/C28H26F2N2O3S/c1-19(8-9-20-6-4-3-5-7-20)32-26(33)25(18-21-10-14-24(15-11-21)35-27(29)30)36-28(32)31-22-12-16-23(34-2)17-13-22/h3-7,10-19,27H,8-9H2,1-2H3/b25-18+,31-28?/t19-/m0/s1. The van der Waals surface area contributed by atoms with E-state index >= 15 is 0 Å². The van der Waals surface area contributed by atoms with E-state index in [1.165, 1.54) is 29.5 Å². The number of ether oxygens (including phenoxy) is 2. The van der Waals surface area contributed by atoms with Crippen molar-refractivity contribution in [2.45, 2.75) is 32.4 Å². The molecule has 0 aromatic heterocycles. The first-order valence-corrected chi connectivity index (χ1v) is 12.3. The van der Waals surface area contributed by atoms with E-state index in [-0.39, 0.29) is 17.7 Å². The molecule has 36 heavy (non-hydrogen) atoms. The summed E-state index contributed by atoms with van der Waals surface area (Å²) in [5.74, 6) is 0.651. The van der Waals surface area contributed by atoms with Gasteiger partial charge in [0.25, 0.3) is 5.91 Å². The lowest BCUT2D eigenvalue weighted by atomic mass is 10.1. The van der Waals surface area contributed by atoms with Crippen LogP contribution in [0.5, 0.6) is 11.5 Å². The highest BCUT2D eigenvalue weighted by molar-refractivity contribution is 8.18. The summed E-state index contributed by atoms with van der Waals surface area (Å²) in [6.45, 7) is -0.867. The minimum absolute atomic E-state index is 0.0652. The summed E-state index contributed by atoms with van der Waals surface area (Å²) in [6, 6.07) is 23.6. The molecule has 4 rings (SSSR count). The van der Waals surface area contributed by atoms with E-state index in [1.807, 2.05) is 49.4 Å². The second kappa shape index (κ2) is 11.9. The molecule has 1 heterocycles. The fourth-order valence-electron chi connectivity index (χ4n) is 3.77. The van der Waals surface area contributed by atoms with Gasteiger partial charge in [-0.2, -0.15) is 8.78 Å². The molecule has 8 heteroatoms. The third-order valence-corrected chi connectivity index (χ3v) is 6.65. The number of amidine groups is 1. The monoisotopic (exact) mass is 508 g/mol. The maximum atomic E-state index is 13.5. The van der Waals surface area contributed by atoms with Crippen LogP contribution in [0.3, 0.4) is 0 Å². The Balaban J connectivity index is 1.59. The van der Waals surface area contributed by atoms with Crippen molar-refractivity contribution in [3.05, 3.63) is 94.9 Å². The van der Waals surface area contributed by atoms with Gasteiger partial charge in [0.05, 0.1) is 17.7 Å². The van der Waals surface area contributed by atoms with Crippen LogP contribution in [-0.4, -0.2) is 35.7 Å². The molecule has 1 atom stereocenters. The Labute approximate surface area is 213 Å². The number of methoxy groups -OCH3 is 1. The predicted molar refractivity (Wildman–Crippen MR) is 140 cm³/mol. The molecule has 1 aliphatic heterocycles. The van der Waals surface area contributed by atoms with Crippen molar-refractivity contribution in [3.8, 4) is 11.5 Å². The van der Waals surface area contributed by atoms with E-state index in [0.29, 0.717) is 21.3 Å². The van der Waals surface area contributed by atoms with E-state index < -0.39 is 6.61 Å². The highest BCUT2D eigenvalue weighted by Gasteiger charge is 2.36. The van der Waals surface area contributed by atoms with Crippen LogP contribution >= 0.6 is 11.8 Å². The van der Waals surface area contributed by atoms with Crippen molar-refractivity contribution in [1.82, 2.24) is 4.90 Å². The van der Waals surface area contributed by atoms with Crippen molar-refractivity contribution in [2.75, 3.05) is 7.11 Å². The molecular formula is C28H26F2N2O3S. The molecule has 0 aliphatic carbocycles. The number of rotatable bonds is 9. The Morgan fingerprint density at radius 3 is 2.28 bits per heavy atom. The highest BCUT2D eigenvalue weighted by atomic mass is 32.2. The van der Waals surface area contributed by atoms with E-state index in [2.05, 4.69) is 16.9 Å². The number of benzene rings is 3. The van der Waals surface area contributed by atoms with E-state index in [4.69, 9.17) is 9.73 Å². The first-order chi connectivity index (χ1) is 17.4. The molecule has 1 aliphatic rings. The Morgan fingerprint density at radius 1 is 0.972 bits per heavy atom. The fourth-order valence-corrected chi connectivity index (χ4v) is 4.86. The zero-order valence-electron chi connectivity index (χ0n) is 19.9. The molecule has 0 spiro atoms. The van der Waals surface area contributed by atoms with Gasteiger partial charge >= 0.3 is 6.61 Å². The lowest BCUT2D eigenvalue weighted by Crippen LogP contribution is -2.37. The number of amides is 1. The van der Waals surface area contributed by atoms with Crippen LogP contribution in [0.2, 0.25) is 0 Å². The molecular weight excluding hydrogens is 482 g/mol. The SMILES string of the molecule is COc1ccc(N=C2S/C(=C/c3ccc(OC(F)F)cc3)C(=O)N2[C@@H](C)CCc2ccccc2)cc1. The highest BCUT2D eigenvalue weighted by Crippen LogP contribution is 2.36. The van der Waals surface area contributed by atoms with Crippen LogP contribution in [-0.2, 0) is 11.2 Å². The molecule has 5 nitrogen and oxygen atoms in total. The van der Waals surface area contributed by atoms with Crippen molar-refractivity contribution in [2.24, 2.45) is 4.99 Å². The van der Waals surface area contributed by atoms with Gasteiger partial charge in [-0.1, -0.05) is 42.5 Å². The minimum atomic E-state index is -2.89. The third kappa shape index (κ3) is 6.51. The van der Waals surface area contributed by atoms with Gasteiger partial charge < -0.3 is 9.47 Å². The van der Waals surface area contributed by atoms with Crippen LogP contribution in [0.4, 0.5) is 14.5 Å². The number of aryl methyl sites for hydroxylation is 1. The molecule has 0 saturated carbocycles. The molecule has 1 saturated heterocycles. The van der Waals surface area contributed by atoms with E-state index in [0.717, 1.165) is 18.6 Å². The maximum Gasteiger partial charge on any atom is 0.387 e. The Morgan fingerprint density at radius 2 is 1.64 bits per heavy atom. The van der Waals surface area contributed by atoms with E-state index in [9.17, 15) is 13.6 Å². The Bertz CT molecular complexity index is 1230. The van der Waals surface area contributed by atoms with Crippen LogP contribution in [0.15, 0.2) is 88.8 Å². The van der Waals surface area contributed by atoms with Crippen molar-refractivity contribution < 1.29 is 23.0 Å². The van der Waals surface area contributed by atoms with Gasteiger partial charge in [0, 0.05) is 6.04 Å². The van der Waals surface area contributed by atoms with Gasteiger partial charge in [0.2, 0.25) is 0 Å². The number of nitrogens with zero attached hydrogens (tertiary/aromatic N) is 2. The number of carbonyl (C=O) groups is 1. The van der Waals surface area contributed by atoms with Crippen LogP contribution in [0.1, 0.15) is 24.5 Å². The lowest BCUT2D eigenvalue weighted by Gasteiger charge is -2.24. The summed E-state index contributed by atoms with van der Waals surface area (Å²) in [6.07, 6.45) is 3.34. The number of halogens is 2. The molecule has 0 N–H and O–H groups in total. The molecule has 186 valence electrons. The number of hydrogen-bond acceptors (Lipinski definition) is 5. The zero-order valence-corrected chi connectivity index (χ0v) is 20.8. The minimum Gasteiger partial charge on any atom is -0.497 e. The summed E-state index contributed by atoms with van der Waals surface area (Å²) in [5.41, 5.74) is 2.62. The van der Waals surface area contributed by atoms with Gasteiger partial charge in [-0.15, -0.1) is 0 Å². The fraction of sp³-hybridized carbons (Fsp3) is 0.214. The molecule has 3 aromatic carbocycles. The van der Waals surface area contributed by atoms with Gasteiger partial charge in [-0.25, -0.2) is 4.99 Å². The topological polar surface area (TPSA) is 51.1 Å². The van der Waals surface area contributed by atoms with Gasteiger partial charge in [-0.3, -0.25) is 9.69 Å². The van der Waals surface area contributed by atoms with Gasteiger partial charge in [-0.05, 0) is 85.1 Å². The second-order valence-corrected chi connectivity index (χ2v) is 9.21. The molecule has 1 amide bonds. The van der Waals surface area contributed by atoms with Crippen LogP contribution in [0.25, 0.3) is 6.08 Å². The maximum absolute atomic E-state index is 13.5. The molecule has 1 fully saturated rings. The van der Waals surface area contributed by atoms with Crippen LogP contribution < -0.4 is 9.47 Å². The summed E-state index contributed by atoms with van der Waals surface area (Å²) in [7, 11) is 1.60. The number of hydrogen-bond donors (Lipinski definition) is 0. The largest absolute Gasteiger partial charge is 0.497 e. The van der Waals surface area contributed by atoms with Gasteiger partial charge in [0.15, 0.2) is 5.17 Å². The molecule has 0 unspecified atom stereocenters. The zero-order chi connectivity index (χ0) is 25.5. The molecule has 3 aromatic rings.